The molecule has 0 radical (unpaired) electrons. The Balaban J connectivity index is 1.85. The van der Waals surface area contributed by atoms with E-state index in [-0.39, 0.29) is 11.9 Å². The quantitative estimate of drug-likeness (QED) is 0.750. The fraction of sp³-hybridized carbons (Fsp3) is 0.286. The normalized spacial score (nSPS) is 16.1. The molecule has 1 N–H and O–H groups in total. The lowest BCUT2D eigenvalue weighted by Gasteiger charge is -2.26. The zero-order chi connectivity index (χ0) is 19.0. The van der Waals surface area contributed by atoms with Gasteiger partial charge in [-0.3, -0.25) is 19.8 Å². The van der Waals surface area contributed by atoms with Crippen LogP contribution in [0.5, 0.6) is 5.75 Å². The second kappa shape index (κ2) is 6.87. The summed E-state index contributed by atoms with van der Waals surface area (Å²) in [6, 6.07) is 11.2. The average Bonchev–Trinajstić information content (AvgIpc) is 3.21. The van der Waals surface area contributed by atoms with E-state index in [4.69, 9.17) is 4.74 Å². The predicted molar refractivity (Wildman–Crippen MR) is 103 cm³/mol. The molecule has 27 heavy (non-hydrogen) atoms. The number of rotatable bonds is 5. The number of carbonyl (C=O) groups excluding carboxylic acids is 1. The number of ether oxygens (including phenoxy) is 1. The summed E-state index contributed by atoms with van der Waals surface area (Å²) < 4.78 is 5.25. The Morgan fingerprint density at radius 1 is 1.15 bits per heavy atom. The van der Waals surface area contributed by atoms with Crippen molar-refractivity contribution < 1.29 is 9.53 Å². The average molecular weight is 362 g/mol. The summed E-state index contributed by atoms with van der Waals surface area (Å²) in [5.41, 5.74) is 4.32. The van der Waals surface area contributed by atoms with E-state index in [9.17, 15) is 4.79 Å². The molecule has 1 aromatic carbocycles. The number of aromatic nitrogens is 3. The van der Waals surface area contributed by atoms with Gasteiger partial charge in [0.2, 0.25) is 0 Å². The number of methoxy groups -OCH3 is 1. The lowest BCUT2D eigenvalue weighted by molar-refractivity contribution is 0.0988. The van der Waals surface area contributed by atoms with Crippen LogP contribution in [-0.2, 0) is 6.42 Å². The molecule has 2 aromatic heterocycles. The molecule has 1 aliphatic heterocycles. The van der Waals surface area contributed by atoms with Crippen LogP contribution < -0.4 is 9.64 Å². The van der Waals surface area contributed by atoms with Crippen LogP contribution in [0.1, 0.15) is 47.2 Å². The highest BCUT2D eigenvalue weighted by Gasteiger charge is 2.43. The van der Waals surface area contributed by atoms with Gasteiger partial charge in [0.15, 0.2) is 5.69 Å². The second-order valence-corrected chi connectivity index (χ2v) is 7.12. The van der Waals surface area contributed by atoms with Crippen molar-refractivity contribution in [3.8, 4) is 5.75 Å². The van der Waals surface area contributed by atoms with E-state index >= 15 is 0 Å². The van der Waals surface area contributed by atoms with Crippen molar-refractivity contribution in [1.82, 2.24) is 15.2 Å². The van der Waals surface area contributed by atoms with Gasteiger partial charge in [0.25, 0.3) is 5.91 Å². The van der Waals surface area contributed by atoms with Crippen LogP contribution in [0.4, 0.5) is 5.69 Å². The zero-order valence-corrected chi connectivity index (χ0v) is 15.6. The highest BCUT2D eigenvalue weighted by molar-refractivity contribution is 6.10. The first-order valence-corrected chi connectivity index (χ1v) is 9.04. The van der Waals surface area contributed by atoms with Gasteiger partial charge in [-0.15, -0.1) is 0 Å². The maximum Gasteiger partial charge on any atom is 0.279 e. The molecule has 138 valence electrons. The lowest BCUT2D eigenvalue weighted by Crippen LogP contribution is -2.29. The molecule has 0 fully saturated rings. The van der Waals surface area contributed by atoms with Crippen molar-refractivity contribution in [2.75, 3.05) is 12.0 Å². The third kappa shape index (κ3) is 2.97. The van der Waals surface area contributed by atoms with Gasteiger partial charge in [-0.1, -0.05) is 13.8 Å². The Morgan fingerprint density at radius 2 is 1.85 bits per heavy atom. The number of H-pyrrole nitrogens is 1. The predicted octanol–water partition coefficient (Wildman–Crippen LogP) is 3.76. The summed E-state index contributed by atoms with van der Waals surface area (Å²) in [5, 5.41) is 7.45. The monoisotopic (exact) mass is 362 g/mol. The van der Waals surface area contributed by atoms with Crippen molar-refractivity contribution >= 4 is 11.6 Å². The van der Waals surface area contributed by atoms with Crippen LogP contribution in [-0.4, -0.2) is 28.2 Å². The number of carbonyl (C=O) groups is 1. The molecule has 0 saturated heterocycles. The molecule has 1 unspecified atom stereocenters. The number of aromatic amines is 1. The van der Waals surface area contributed by atoms with E-state index in [0.29, 0.717) is 11.6 Å². The first-order valence-electron chi connectivity index (χ1n) is 9.04. The second-order valence-electron chi connectivity index (χ2n) is 7.12. The van der Waals surface area contributed by atoms with Gasteiger partial charge >= 0.3 is 0 Å². The Hall–Kier alpha value is -3.15. The molecular formula is C21H22N4O2. The summed E-state index contributed by atoms with van der Waals surface area (Å²) in [7, 11) is 1.63. The fourth-order valence-electron chi connectivity index (χ4n) is 3.64. The minimum absolute atomic E-state index is 0.0942. The van der Waals surface area contributed by atoms with E-state index in [1.807, 2.05) is 41.3 Å². The Bertz CT molecular complexity index is 948. The molecule has 6 heteroatoms. The van der Waals surface area contributed by atoms with E-state index in [1.54, 1.807) is 19.5 Å². The molecule has 1 atom stereocenters. The van der Waals surface area contributed by atoms with Gasteiger partial charge in [0, 0.05) is 29.3 Å². The summed E-state index contributed by atoms with van der Waals surface area (Å²) in [6.45, 7) is 4.32. The summed E-state index contributed by atoms with van der Waals surface area (Å²) in [6.07, 6.45) is 4.35. The smallest absolute Gasteiger partial charge is 0.279 e. The Morgan fingerprint density at radius 3 is 2.48 bits per heavy atom. The number of nitrogens with one attached hydrogen (secondary N) is 1. The van der Waals surface area contributed by atoms with Gasteiger partial charge < -0.3 is 4.74 Å². The van der Waals surface area contributed by atoms with Gasteiger partial charge in [-0.25, -0.2) is 0 Å². The largest absolute Gasteiger partial charge is 0.497 e. The molecule has 0 saturated carbocycles. The molecule has 3 aromatic rings. The van der Waals surface area contributed by atoms with E-state index < -0.39 is 0 Å². The van der Waals surface area contributed by atoms with Crippen LogP contribution in [0.2, 0.25) is 0 Å². The number of hydrogen-bond acceptors (Lipinski definition) is 4. The third-order valence-corrected chi connectivity index (χ3v) is 4.82. The molecule has 0 aliphatic carbocycles. The van der Waals surface area contributed by atoms with E-state index in [0.717, 1.165) is 34.7 Å². The van der Waals surface area contributed by atoms with Crippen molar-refractivity contribution in [3.63, 3.8) is 0 Å². The molecule has 0 spiro atoms. The van der Waals surface area contributed by atoms with Crippen LogP contribution in [0, 0.1) is 5.92 Å². The van der Waals surface area contributed by atoms with Crippen LogP contribution in [0.15, 0.2) is 48.8 Å². The van der Waals surface area contributed by atoms with Crippen molar-refractivity contribution in [2.45, 2.75) is 26.3 Å². The van der Waals surface area contributed by atoms with Gasteiger partial charge in [-0.2, -0.15) is 5.10 Å². The Labute approximate surface area is 158 Å². The number of hydrogen-bond donors (Lipinski definition) is 1. The SMILES string of the molecule is COc1ccc(N2C(=O)c3n[nH]c(CC(C)C)c3C2c2ccncc2)cc1. The fourth-order valence-corrected chi connectivity index (χ4v) is 3.64. The van der Waals surface area contributed by atoms with Crippen LogP contribution in [0.3, 0.4) is 0 Å². The molecular weight excluding hydrogens is 340 g/mol. The number of benzene rings is 1. The number of fused-ring (bicyclic) bond motifs is 1. The van der Waals surface area contributed by atoms with E-state index in [1.165, 1.54) is 0 Å². The molecule has 1 aliphatic rings. The zero-order valence-electron chi connectivity index (χ0n) is 15.6. The Kier molecular flexibility index (Phi) is 4.39. The van der Waals surface area contributed by atoms with Gasteiger partial charge in [0.1, 0.15) is 5.75 Å². The third-order valence-electron chi connectivity index (χ3n) is 4.82. The molecule has 0 bridgehead atoms. The summed E-state index contributed by atoms with van der Waals surface area (Å²) >= 11 is 0. The maximum absolute atomic E-state index is 13.2. The van der Waals surface area contributed by atoms with Crippen molar-refractivity contribution in [3.05, 3.63) is 71.3 Å². The first kappa shape index (κ1) is 17.3. The van der Waals surface area contributed by atoms with Crippen LogP contribution >= 0.6 is 0 Å². The number of anilines is 1. The minimum Gasteiger partial charge on any atom is -0.497 e. The summed E-state index contributed by atoms with van der Waals surface area (Å²) in [4.78, 5) is 19.2. The standard InChI is InChI=1S/C21H22N4O2/c1-13(2)12-17-18-19(24-23-17)21(26)25(15-4-6-16(27-3)7-5-15)20(18)14-8-10-22-11-9-14/h4-11,13,20H,12H2,1-3H3,(H,23,24). The van der Waals surface area contributed by atoms with Gasteiger partial charge in [0.05, 0.1) is 13.2 Å². The molecule has 1 amide bonds. The van der Waals surface area contributed by atoms with Crippen molar-refractivity contribution in [1.29, 1.82) is 0 Å². The highest BCUT2D eigenvalue weighted by atomic mass is 16.5. The number of pyridine rings is 1. The van der Waals surface area contributed by atoms with E-state index in [2.05, 4.69) is 29.0 Å². The van der Waals surface area contributed by atoms with Crippen LogP contribution in [0.25, 0.3) is 0 Å². The number of nitrogens with zero attached hydrogens (tertiary/aromatic N) is 3. The molecule has 4 rings (SSSR count). The lowest BCUT2D eigenvalue weighted by atomic mass is 9.96. The molecule has 6 nitrogen and oxygen atoms in total. The van der Waals surface area contributed by atoms with Gasteiger partial charge in [-0.05, 0) is 54.3 Å². The molecule has 3 heterocycles. The first-order chi connectivity index (χ1) is 13.1. The highest BCUT2D eigenvalue weighted by Crippen LogP contribution is 2.42. The summed E-state index contributed by atoms with van der Waals surface area (Å²) in [5.74, 6) is 1.12. The topological polar surface area (TPSA) is 71.1 Å². The minimum atomic E-state index is -0.226. The maximum atomic E-state index is 13.2. The number of amides is 1. The van der Waals surface area contributed by atoms with Crippen molar-refractivity contribution in [2.24, 2.45) is 5.92 Å².